The maximum absolute atomic E-state index is 13.7. The summed E-state index contributed by atoms with van der Waals surface area (Å²) in [5.41, 5.74) is 0.647. The molecular formula is C16H23FN2O. The Kier molecular flexibility index (Phi) is 4.99. The first-order valence-electron chi connectivity index (χ1n) is 7.41. The van der Waals surface area contributed by atoms with Gasteiger partial charge in [-0.05, 0) is 38.3 Å². The number of piperidine rings is 1. The van der Waals surface area contributed by atoms with Crippen molar-refractivity contribution in [3.63, 3.8) is 0 Å². The van der Waals surface area contributed by atoms with E-state index in [2.05, 4.69) is 12.2 Å². The van der Waals surface area contributed by atoms with Crippen LogP contribution in [0.25, 0.3) is 0 Å². The predicted octanol–water partition coefficient (Wildman–Crippen LogP) is 2.96. The third-order valence-electron chi connectivity index (χ3n) is 4.06. The smallest absolute Gasteiger partial charge is 0.223 e. The SMILES string of the molecule is CCC(C)NC(=O)C1CCN(c2ccccc2F)CC1. The first-order chi connectivity index (χ1) is 9.61. The number of carbonyl (C=O) groups excluding carboxylic acids is 1. The highest BCUT2D eigenvalue weighted by atomic mass is 19.1. The number of nitrogens with zero attached hydrogens (tertiary/aromatic N) is 1. The van der Waals surface area contributed by atoms with E-state index in [1.807, 2.05) is 17.9 Å². The number of hydrogen-bond acceptors (Lipinski definition) is 2. The van der Waals surface area contributed by atoms with Gasteiger partial charge in [0.25, 0.3) is 0 Å². The number of benzene rings is 1. The molecule has 2 rings (SSSR count). The lowest BCUT2D eigenvalue weighted by Crippen LogP contribution is -2.43. The molecule has 4 heteroatoms. The molecule has 1 N–H and O–H groups in total. The average molecular weight is 278 g/mol. The molecule has 1 aromatic rings. The number of para-hydroxylation sites is 1. The molecule has 1 saturated heterocycles. The molecule has 1 aliphatic rings. The summed E-state index contributed by atoms with van der Waals surface area (Å²) in [5.74, 6) is 0.0227. The van der Waals surface area contributed by atoms with Gasteiger partial charge in [0.05, 0.1) is 5.69 Å². The lowest BCUT2D eigenvalue weighted by atomic mass is 9.95. The van der Waals surface area contributed by atoms with Gasteiger partial charge in [-0.15, -0.1) is 0 Å². The van der Waals surface area contributed by atoms with Crippen molar-refractivity contribution in [2.45, 2.75) is 39.2 Å². The van der Waals surface area contributed by atoms with E-state index in [9.17, 15) is 9.18 Å². The van der Waals surface area contributed by atoms with Crippen LogP contribution in [-0.2, 0) is 4.79 Å². The highest BCUT2D eigenvalue weighted by Gasteiger charge is 2.26. The van der Waals surface area contributed by atoms with Crippen molar-refractivity contribution in [1.29, 1.82) is 0 Å². The van der Waals surface area contributed by atoms with E-state index in [0.29, 0.717) is 5.69 Å². The Morgan fingerprint density at radius 2 is 2.05 bits per heavy atom. The molecule has 1 fully saturated rings. The van der Waals surface area contributed by atoms with Crippen molar-refractivity contribution in [2.24, 2.45) is 5.92 Å². The maximum atomic E-state index is 13.7. The van der Waals surface area contributed by atoms with Crippen molar-refractivity contribution in [1.82, 2.24) is 5.32 Å². The Bertz CT molecular complexity index is 456. The zero-order valence-corrected chi connectivity index (χ0v) is 12.2. The molecule has 0 saturated carbocycles. The first kappa shape index (κ1) is 14.8. The predicted molar refractivity (Wildman–Crippen MR) is 79.2 cm³/mol. The number of nitrogens with one attached hydrogen (secondary N) is 1. The molecule has 1 aliphatic heterocycles. The number of hydrogen-bond donors (Lipinski definition) is 1. The normalized spacial score (nSPS) is 17.9. The highest BCUT2D eigenvalue weighted by molar-refractivity contribution is 5.79. The van der Waals surface area contributed by atoms with Crippen molar-refractivity contribution >= 4 is 11.6 Å². The zero-order valence-electron chi connectivity index (χ0n) is 12.2. The first-order valence-corrected chi connectivity index (χ1v) is 7.41. The van der Waals surface area contributed by atoms with Crippen LogP contribution >= 0.6 is 0 Å². The summed E-state index contributed by atoms with van der Waals surface area (Å²) in [6.45, 7) is 5.55. The fraction of sp³-hybridized carbons (Fsp3) is 0.562. The Morgan fingerprint density at radius 1 is 1.40 bits per heavy atom. The molecule has 1 aromatic carbocycles. The van der Waals surface area contributed by atoms with Gasteiger partial charge in [0.2, 0.25) is 5.91 Å². The van der Waals surface area contributed by atoms with Crippen LogP contribution < -0.4 is 10.2 Å². The number of carbonyl (C=O) groups is 1. The van der Waals surface area contributed by atoms with Crippen molar-refractivity contribution < 1.29 is 9.18 Å². The fourth-order valence-corrected chi connectivity index (χ4v) is 2.55. The standard InChI is InChI=1S/C16H23FN2O/c1-3-12(2)18-16(20)13-8-10-19(11-9-13)15-7-5-4-6-14(15)17/h4-7,12-13H,3,8-11H2,1-2H3,(H,18,20). The van der Waals surface area contributed by atoms with Crippen molar-refractivity contribution in [3.05, 3.63) is 30.1 Å². The molecule has 1 heterocycles. The monoisotopic (exact) mass is 278 g/mol. The lowest BCUT2D eigenvalue weighted by molar-refractivity contribution is -0.126. The van der Waals surface area contributed by atoms with Gasteiger partial charge in [0, 0.05) is 25.0 Å². The van der Waals surface area contributed by atoms with E-state index >= 15 is 0 Å². The van der Waals surface area contributed by atoms with E-state index in [0.717, 1.165) is 32.4 Å². The number of halogens is 1. The summed E-state index contributed by atoms with van der Waals surface area (Å²) in [6.07, 6.45) is 2.52. The minimum Gasteiger partial charge on any atom is -0.369 e. The summed E-state index contributed by atoms with van der Waals surface area (Å²) < 4.78 is 13.7. The molecular weight excluding hydrogens is 255 g/mol. The van der Waals surface area contributed by atoms with Crippen LogP contribution in [0.3, 0.4) is 0 Å². The average Bonchev–Trinajstić information content (AvgIpc) is 2.47. The molecule has 20 heavy (non-hydrogen) atoms. The Hall–Kier alpha value is -1.58. The third kappa shape index (κ3) is 3.50. The van der Waals surface area contributed by atoms with E-state index in [-0.39, 0.29) is 23.7 Å². The van der Waals surface area contributed by atoms with Gasteiger partial charge in [0.15, 0.2) is 0 Å². The third-order valence-corrected chi connectivity index (χ3v) is 4.06. The summed E-state index contributed by atoms with van der Waals surface area (Å²) in [7, 11) is 0. The van der Waals surface area contributed by atoms with E-state index in [4.69, 9.17) is 0 Å². The molecule has 3 nitrogen and oxygen atoms in total. The van der Waals surface area contributed by atoms with Gasteiger partial charge < -0.3 is 10.2 Å². The van der Waals surface area contributed by atoms with Gasteiger partial charge in [-0.1, -0.05) is 19.1 Å². The van der Waals surface area contributed by atoms with E-state index in [1.54, 1.807) is 12.1 Å². The molecule has 0 aliphatic carbocycles. The second-order valence-corrected chi connectivity index (χ2v) is 5.53. The molecule has 0 radical (unpaired) electrons. The van der Waals surface area contributed by atoms with Crippen LogP contribution in [0.15, 0.2) is 24.3 Å². The summed E-state index contributed by atoms with van der Waals surface area (Å²) in [6, 6.07) is 7.06. The molecule has 1 amide bonds. The van der Waals surface area contributed by atoms with E-state index in [1.165, 1.54) is 6.07 Å². The second-order valence-electron chi connectivity index (χ2n) is 5.53. The topological polar surface area (TPSA) is 32.3 Å². The van der Waals surface area contributed by atoms with Crippen molar-refractivity contribution in [3.8, 4) is 0 Å². The molecule has 0 aromatic heterocycles. The molecule has 110 valence electrons. The van der Waals surface area contributed by atoms with Crippen LogP contribution in [0.5, 0.6) is 0 Å². The summed E-state index contributed by atoms with van der Waals surface area (Å²) >= 11 is 0. The van der Waals surface area contributed by atoms with Crippen LogP contribution in [-0.4, -0.2) is 25.0 Å². The molecule has 0 spiro atoms. The van der Waals surface area contributed by atoms with Gasteiger partial charge in [-0.2, -0.15) is 0 Å². The minimum atomic E-state index is -0.185. The second kappa shape index (κ2) is 6.73. The van der Waals surface area contributed by atoms with Crippen LogP contribution in [0.2, 0.25) is 0 Å². The fourth-order valence-electron chi connectivity index (χ4n) is 2.55. The highest BCUT2D eigenvalue weighted by Crippen LogP contribution is 2.25. The Morgan fingerprint density at radius 3 is 2.65 bits per heavy atom. The van der Waals surface area contributed by atoms with Crippen molar-refractivity contribution in [2.75, 3.05) is 18.0 Å². The molecule has 1 unspecified atom stereocenters. The zero-order chi connectivity index (χ0) is 14.5. The number of anilines is 1. The van der Waals surface area contributed by atoms with Gasteiger partial charge >= 0.3 is 0 Å². The number of amides is 1. The Balaban J connectivity index is 1.89. The quantitative estimate of drug-likeness (QED) is 0.918. The number of rotatable bonds is 4. The Labute approximate surface area is 120 Å². The summed E-state index contributed by atoms with van der Waals surface area (Å²) in [4.78, 5) is 14.1. The van der Waals surface area contributed by atoms with Crippen LogP contribution in [0, 0.1) is 11.7 Å². The maximum Gasteiger partial charge on any atom is 0.223 e. The van der Waals surface area contributed by atoms with Gasteiger partial charge in [0.1, 0.15) is 5.82 Å². The van der Waals surface area contributed by atoms with Crippen LogP contribution in [0.1, 0.15) is 33.1 Å². The van der Waals surface area contributed by atoms with Gasteiger partial charge in [-0.3, -0.25) is 4.79 Å². The lowest BCUT2D eigenvalue weighted by Gasteiger charge is -2.33. The van der Waals surface area contributed by atoms with Crippen LogP contribution in [0.4, 0.5) is 10.1 Å². The van der Waals surface area contributed by atoms with E-state index < -0.39 is 0 Å². The summed E-state index contributed by atoms with van der Waals surface area (Å²) in [5, 5.41) is 3.03. The largest absolute Gasteiger partial charge is 0.369 e. The van der Waals surface area contributed by atoms with Gasteiger partial charge in [-0.25, -0.2) is 4.39 Å². The molecule has 0 bridgehead atoms. The minimum absolute atomic E-state index is 0.0621. The molecule has 1 atom stereocenters.